The maximum absolute atomic E-state index is 11.1. The fourth-order valence-electron chi connectivity index (χ4n) is 1.97. The van der Waals surface area contributed by atoms with Crippen molar-refractivity contribution in [3.63, 3.8) is 0 Å². The van der Waals surface area contributed by atoms with Gasteiger partial charge in [0.2, 0.25) is 0 Å². The zero-order chi connectivity index (χ0) is 13.1. The molecule has 5 heteroatoms. The minimum Gasteiger partial charge on any atom is -0.486 e. The van der Waals surface area contributed by atoms with Crippen LogP contribution in [0.1, 0.15) is 35.2 Å². The van der Waals surface area contributed by atoms with Crippen molar-refractivity contribution in [1.29, 1.82) is 0 Å². The van der Waals surface area contributed by atoms with Crippen LogP contribution in [0.2, 0.25) is 0 Å². The molecule has 1 unspecified atom stereocenters. The zero-order valence-corrected chi connectivity index (χ0v) is 11.5. The molecule has 4 nitrogen and oxygen atoms in total. The molecule has 0 radical (unpaired) electrons. The molecule has 1 heterocycles. The standard InChI is InChI=1S/C13H13BrO4/c1-8(2-3-15)9-6-11(14)10(7-16)13-12(9)17-4-5-18-13/h3,6-8H,2,4-5H2,1H3. The Morgan fingerprint density at radius 1 is 1.33 bits per heavy atom. The lowest BCUT2D eigenvalue weighted by atomic mass is 9.95. The maximum Gasteiger partial charge on any atom is 0.173 e. The Morgan fingerprint density at radius 3 is 2.61 bits per heavy atom. The van der Waals surface area contributed by atoms with Gasteiger partial charge in [0, 0.05) is 16.5 Å². The van der Waals surface area contributed by atoms with Crippen LogP contribution in [0.5, 0.6) is 11.5 Å². The summed E-state index contributed by atoms with van der Waals surface area (Å²) in [7, 11) is 0. The summed E-state index contributed by atoms with van der Waals surface area (Å²) >= 11 is 3.35. The highest BCUT2D eigenvalue weighted by Gasteiger charge is 2.25. The van der Waals surface area contributed by atoms with Gasteiger partial charge >= 0.3 is 0 Å². The van der Waals surface area contributed by atoms with Crippen LogP contribution in [0.4, 0.5) is 0 Å². The molecule has 2 rings (SSSR count). The summed E-state index contributed by atoms with van der Waals surface area (Å²) in [6, 6.07) is 1.82. The van der Waals surface area contributed by atoms with E-state index in [2.05, 4.69) is 15.9 Å². The van der Waals surface area contributed by atoms with Crippen LogP contribution < -0.4 is 9.47 Å². The van der Waals surface area contributed by atoms with Crippen LogP contribution in [-0.4, -0.2) is 25.8 Å². The minimum absolute atomic E-state index is 0.0231. The highest BCUT2D eigenvalue weighted by Crippen LogP contribution is 2.43. The second kappa shape index (κ2) is 5.52. The fraction of sp³-hybridized carbons (Fsp3) is 0.385. The van der Waals surface area contributed by atoms with E-state index in [9.17, 15) is 9.59 Å². The number of ether oxygens (including phenoxy) is 2. The molecule has 0 fully saturated rings. The molecule has 1 aromatic carbocycles. The molecule has 0 spiro atoms. The largest absolute Gasteiger partial charge is 0.486 e. The van der Waals surface area contributed by atoms with Gasteiger partial charge in [-0.2, -0.15) is 0 Å². The van der Waals surface area contributed by atoms with Gasteiger partial charge in [-0.05, 0) is 27.9 Å². The monoisotopic (exact) mass is 312 g/mol. The molecule has 0 aliphatic carbocycles. The number of aldehydes is 2. The fourth-order valence-corrected chi connectivity index (χ4v) is 2.49. The summed E-state index contributed by atoms with van der Waals surface area (Å²) in [4.78, 5) is 21.7. The van der Waals surface area contributed by atoms with E-state index in [0.717, 1.165) is 18.1 Å². The molecule has 1 aliphatic heterocycles. The molecule has 1 atom stereocenters. The van der Waals surface area contributed by atoms with Crippen LogP contribution in [-0.2, 0) is 4.79 Å². The molecular weight excluding hydrogens is 300 g/mol. The smallest absolute Gasteiger partial charge is 0.173 e. The Bertz CT molecular complexity index is 484. The first-order chi connectivity index (χ1) is 8.69. The zero-order valence-electron chi connectivity index (χ0n) is 9.94. The molecule has 18 heavy (non-hydrogen) atoms. The van der Waals surface area contributed by atoms with Crippen molar-refractivity contribution < 1.29 is 19.1 Å². The van der Waals surface area contributed by atoms with Crippen molar-refractivity contribution in [3.05, 3.63) is 21.7 Å². The van der Waals surface area contributed by atoms with Crippen LogP contribution >= 0.6 is 15.9 Å². The second-order valence-electron chi connectivity index (χ2n) is 4.14. The Labute approximate surface area is 113 Å². The van der Waals surface area contributed by atoms with E-state index in [-0.39, 0.29) is 5.92 Å². The van der Waals surface area contributed by atoms with E-state index in [1.807, 2.05) is 13.0 Å². The van der Waals surface area contributed by atoms with E-state index in [0.29, 0.717) is 41.2 Å². The van der Waals surface area contributed by atoms with Crippen LogP contribution in [0.25, 0.3) is 0 Å². The molecule has 0 N–H and O–H groups in total. The number of benzene rings is 1. The van der Waals surface area contributed by atoms with Gasteiger partial charge < -0.3 is 14.3 Å². The molecule has 0 saturated heterocycles. The summed E-state index contributed by atoms with van der Waals surface area (Å²) < 4.78 is 11.8. The predicted octanol–water partition coefficient (Wildman–Crippen LogP) is 2.73. The molecule has 0 aromatic heterocycles. The van der Waals surface area contributed by atoms with Gasteiger partial charge in [0.15, 0.2) is 17.8 Å². The van der Waals surface area contributed by atoms with Gasteiger partial charge in [0.1, 0.15) is 19.5 Å². The van der Waals surface area contributed by atoms with Gasteiger partial charge in [-0.15, -0.1) is 0 Å². The predicted molar refractivity (Wildman–Crippen MR) is 69.6 cm³/mol. The van der Waals surface area contributed by atoms with E-state index < -0.39 is 0 Å². The average molecular weight is 313 g/mol. The van der Waals surface area contributed by atoms with E-state index in [4.69, 9.17) is 9.47 Å². The maximum atomic E-state index is 11.1. The minimum atomic E-state index is 0.0231. The lowest BCUT2D eigenvalue weighted by Crippen LogP contribution is -2.18. The quantitative estimate of drug-likeness (QED) is 0.802. The van der Waals surface area contributed by atoms with Crippen molar-refractivity contribution in [2.75, 3.05) is 13.2 Å². The number of halogens is 1. The molecule has 96 valence electrons. The number of carbonyl (C=O) groups excluding carboxylic acids is 2. The third-order valence-corrected chi connectivity index (χ3v) is 3.58. The van der Waals surface area contributed by atoms with Gasteiger partial charge in [-0.25, -0.2) is 0 Å². The second-order valence-corrected chi connectivity index (χ2v) is 4.99. The summed E-state index contributed by atoms with van der Waals surface area (Å²) in [5, 5.41) is 0. The third kappa shape index (κ3) is 2.27. The van der Waals surface area contributed by atoms with E-state index in [1.54, 1.807) is 0 Å². The Hall–Kier alpha value is -1.36. The lowest BCUT2D eigenvalue weighted by molar-refractivity contribution is -0.108. The highest BCUT2D eigenvalue weighted by molar-refractivity contribution is 9.10. The number of hydrogen-bond donors (Lipinski definition) is 0. The first kappa shape index (κ1) is 13.1. The lowest BCUT2D eigenvalue weighted by Gasteiger charge is -2.25. The van der Waals surface area contributed by atoms with Crippen LogP contribution in [0, 0.1) is 0 Å². The number of fused-ring (bicyclic) bond motifs is 1. The summed E-state index contributed by atoms with van der Waals surface area (Å²) in [6.07, 6.45) is 2.02. The number of rotatable bonds is 4. The topological polar surface area (TPSA) is 52.6 Å². The van der Waals surface area contributed by atoms with E-state index >= 15 is 0 Å². The molecule has 0 amide bonds. The van der Waals surface area contributed by atoms with Gasteiger partial charge in [-0.1, -0.05) is 6.92 Å². The van der Waals surface area contributed by atoms with Crippen molar-refractivity contribution in [1.82, 2.24) is 0 Å². The number of hydrogen-bond acceptors (Lipinski definition) is 4. The first-order valence-electron chi connectivity index (χ1n) is 5.69. The van der Waals surface area contributed by atoms with Gasteiger partial charge in [0.05, 0.1) is 5.56 Å². The first-order valence-corrected chi connectivity index (χ1v) is 6.49. The molecular formula is C13H13BrO4. The van der Waals surface area contributed by atoms with E-state index in [1.165, 1.54) is 0 Å². The third-order valence-electron chi connectivity index (χ3n) is 2.93. The van der Waals surface area contributed by atoms with Crippen molar-refractivity contribution >= 4 is 28.5 Å². The van der Waals surface area contributed by atoms with Crippen LogP contribution in [0.15, 0.2) is 10.5 Å². The van der Waals surface area contributed by atoms with Crippen LogP contribution in [0.3, 0.4) is 0 Å². The number of carbonyl (C=O) groups is 2. The molecule has 0 bridgehead atoms. The van der Waals surface area contributed by atoms with Crippen molar-refractivity contribution in [3.8, 4) is 11.5 Å². The van der Waals surface area contributed by atoms with Crippen molar-refractivity contribution in [2.24, 2.45) is 0 Å². The van der Waals surface area contributed by atoms with Gasteiger partial charge in [0.25, 0.3) is 0 Å². The van der Waals surface area contributed by atoms with Crippen molar-refractivity contribution in [2.45, 2.75) is 19.3 Å². The normalized spacial score (nSPS) is 15.0. The Kier molecular flexibility index (Phi) is 4.01. The Morgan fingerprint density at radius 2 is 2.00 bits per heavy atom. The van der Waals surface area contributed by atoms with Gasteiger partial charge in [-0.3, -0.25) is 4.79 Å². The molecule has 1 aromatic rings. The SMILES string of the molecule is CC(CC=O)c1cc(Br)c(C=O)c2c1OCCO2. The summed E-state index contributed by atoms with van der Waals surface area (Å²) in [5.41, 5.74) is 1.33. The summed E-state index contributed by atoms with van der Waals surface area (Å²) in [5.74, 6) is 1.08. The Balaban J connectivity index is 2.57. The summed E-state index contributed by atoms with van der Waals surface area (Å²) in [6.45, 7) is 2.81. The molecule has 1 aliphatic rings. The highest BCUT2D eigenvalue weighted by atomic mass is 79.9. The average Bonchev–Trinajstić information content (AvgIpc) is 2.38. The molecule has 0 saturated carbocycles.